The first-order valence-electron chi connectivity index (χ1n) is 7.45. The molecule has 0 aliphatic carbocycles. The summed E-state index contributed by atoms with van der Waals surface area (Å²) in [6.45, 7) is 1.64. The summed E-state index contributed by atoms with van der Waals surface area (Å²) < 4.78 is 1.68. The fraction of sp³-hybridized carbons (Fsp3) is 0.375. The molecule has 1 fully saturated rings. The summed E-state index contributed by atoms with van der Waals surface area (Å²) >= 11 is 6.00. The lowest BCUT2D eigenvalue weighted by Gasteiger charge is -2.23. The van der Waals surface area contributed by atoms with Gasteiger partial charge in [0.15, 0.2) is 0 Å². The Morgan fingerprint density at radius 1 is 1.48 bits per heavy atom. The lowest BCUT2D eigenvalue weighted by Crippen LogP contribution is -2.40. The zero-order valence-electron chi connectivity index (χ0n) is 12.9. The van der Waals surface area contributed by atoms with E-state index in [4.69, 9.17) is 11.6 Å². The first-order valence-corrected chi connectivity index (χ1v) is 7.83. The van der Waals surface area contributed by atoms with Crippen LogP contribution in [0.5, 0.6) is 0 Å². The Bertz CT molecular complexity index is 674. The van der Waals surface area contributed by atoms with E-state index >= 15 is 0 Å². The first-order chi connectivity index (χ1) is 10.7. The number of rotatable bonds is 4. The van der Waals surface area contributed by atoms with Gasteiger partial charge in [-0.3, -0.25) is 4.79 Å². The van der Waals surface area contributed by atoms with Crippen molar-refractivity contribution in [2.24, 2.45) is 0 Å². The van der Waals surface area contributed by atoms with Crippen molar-refractivity contribution in [2.45, 2.75) is 18.9 Å². The summed E-state index contributed by atoms with van der Waals surface area (Å²) in [5.41, 5.74) is 1.46. The SMILES string of the molecule is CNCC1CCCN1C(=O)c1cnn(-c2cccc(Cl)c2)c1.Cl. The molecule has 2 aromatic rings. The van der Waals surface area contributed by atoms with E-state index in [1.54, 1.807) is 17.1 Å². The average molecular weight is 355 g/mol. The van der Waals surface area contributed by atoms with E-state index in [2.05, 4.69) is 10.4 Å². The summed E-state index contributed by atoms with van der Waals surface area (Å²) in [6.07, 6.45) is 5.50. The number of hydrogen-bond donors (Lipinski definition) is 1. The van der Waals surface area contributed by atoms with Crippen LogP contribution in [0.3, 0.4) is 0 Å². The van der Waals surface area contributed by atoms with Crippen LogP contribution in [0.4, 0.5) is 0 Å². The molecule has 1 aromatic carbocycles. The number of halogens is 2. The van der Waals surface area contributed by atoms with E-state index < -0.39 is 0 Å². The molecule has 0 spiro atoms. The first kappa shape index (κ1) is 17.8. The molecule has 124 valence electrons. The number of benzene rings is 1. The zero-order chi connectivity index (χ0) is 15.5. The van der Waals surface area contributed by atoms with Crippen molar-refractivity contribution in [3.8, 4) is 5.69 Å². The van der Waals surface area contributed by atoms with Crippen molar-refractivity contribution in [3.63, 3.8) is 0 Å². The molecule has 1 N–H and O–H groups in total. The van der Waals surface area contributed by atoms with Gasteiger partial charge < -0.3 is 10.2 Å². The van der Waals surface area contributed by atoms with Gasteiger partial charge in [-0.05, 0) is 38.1 Å². The summed E-state index contributed by atoms with van der Waals surface area (Å²) in [5, 5.41) is 8.09. The van der Waals surface area contributed by atoms with Crippen molar-refractivity contribution in [1.82, 2.24) is 20.0 Å². The fourth-order valence-corrected chi connectivity index (χ4v) is 3.09. The number of nitrogens with one attached hydrogen (secondary N) is 1. The van der Waals surface area contributed by atoms with Gasteiger partial charge in [-0.2, -0.15) is 5.10 Å². The minimum atomic E-state index is 0. The van der Waals surface area contributed by atoms with E-state index in [0.29, 0.717) is 10.6 Å². The van der Waals surface area contributed by atoms with Crippen LogP contribution in [0.2, 0.25) is 5.02 Å². The molecule has 1 aliphatic heterocycles. The van der Waals surface area contributed by atoms with Crippen molar-refractivity contribution in [3.05, 3.63) is 47.2 Å². The highest BCUT2D eigenvalue weighted by atomic mass is 35.5. The Morgan fingerprint density at radius 2 is 2.30 bits per heavy atom. The second-order valence-corrected chi connectivity index (χ2v) is 5.94. The van der Waals surface area contributed by atoms with Gasteiger partial charge in [0.2, 0.25) is 0 Å². The maximum absolute atomic E-state index is 12.7. The molecule has 0 bridgehead atoms. The number of likely N-dealkylation sites (tertiary alicyclic amines) is 1. The molecular weight excluding hydrogens is 335 g/mol. The molecule has 23 heavy (non-hydrogen) atoms. The second-order valence-electron chi connectivity index (χ2n) is 5.51. The molecule has 1 aromatic heterocycles. The third-order valence-corrected chi connectivity index (χ3v) is 4.22. The van der Waals surface area contributed by atoms with E-state index in [9.17, 15) is 4.79 Å². The molecule has 1 aliphatic rings. The van der Waals surface area contributed by atoms with Gasteiger partial charge in [-0.15, -0.1) is 12.4 Å². The van der Waals surface area contributed by atoms with Crippen molar-refractivity contribution in [1.29, 1.82) is 0 Å². The highest BCUT2D eigenvalue weighted by Gasteiger charge is 2.29. The van der Waals surface area contributed by atoms with E-state index in [1.807, 2.05) is 36.2 Å². The minimum absolute atomic E-state index is 0. The third kappa shape index (κ3) is 3.86. The topological polar surface area (TPSA) is 50.2 Å². The van der Waals surface area contributed by atoms with Crippen LogP contribution in [0.15, 0.2) is 36.7 Å². The predicted octanol–water partition coefficient (Wildman–Crippen LogP) is 2.77. The summed E-state index contributed by atoms with van der Waals surface area (Å²) in [5.74, 6) is 0.0472. The fourth-order valence-electron chi connectivity index (χ4n) is 2.91. The number of amides is 1. The van der Waals surface area contributed by atoms with Crippen molar-refractivity contribution < 1.29 is 4.79 Å². The quantitative estimate of drug-likeness (QED) is 0.918. The smallest absolute Gasteiger partial charge is 0.257 e. The second kappa shape index (κ2) is 7.81. The van der Waals surface area contributed by atoms with Gasteiger partial charge in [0.25, 0.3) is 5.91 Å². The lowest BCUT2D eigenvalue weighted by molar-refractivity contribution is 0.0737. The van der Waals surface area contributed by atoms with E-state index in [0.717, 1.165) is 31.6 Å². The average Bonchev–Trinajstić information content (AvgIpc) is 3.16. The molecule has 1 amide bonds. The van der Waals surface area contributed by atoms with Gasteiger partial charge in [0.05, 0.1) is 17.4 Å². The molecule has 1 atom stereocenters. The molecule has 5 nitrogen and oxygen atoms in total. The monoisotopic (exact) mass is 354 g/mol. The Balaban J connectivity index is 0.00000192. The van der Waals surface area contributed by atoms with Gasteiger partial charge in [0.1, 0.15) is 0 Å². The molecule has 1 unspecified atom stereocenters. The summed E-state index contributed by atoms with van der Waals surface area (Å²) in [6, 6.07) is 7.68. The Labute approximate surface area is 147 Å². The number of hydrogen-bond acceptors (Lipinski definition) is 3. The molecule has 2 heterocycles. The number of aromatic nitrogens is 2. The minimum Gasteiger partial charge on any atom is -0.334 e. The third-order valence-electron chi connectivity index (χ3n) is 3.98. The van der Waals surface area contributed by atoms with Crippen LogP contribution in [0.1, 0.15) is 23.2 Å². The van der Waals surface area contributed by atoms with E-state index in [-0.39, 0.29) is 24.4 Å². The maximum Gasteiger partial charge on any atom is 0.257 e. The van der Waals surface area contributed by atoms with Crippen LogP contribution >= 0.6 is 24.0 Å². The van der Waals surface area contributed by atoms with Gasteiger partial charge in [0, 0.05) is 30.4 Å². The molecule has 1 saturated heterocycles. The van der Waals surface area contributed by atoms with Crippen molar-refractivity contribution in [2.75, 3.05) is 20.1 Å². The maximum atomic E-state index is 12.7. The summed E-state index contributed by atoms with van der Waals surface area (Å²) in [4.78, 5) is 14.6. The molecule has 0 saturated carbocycles. The normalized spacial score (nSPS) is 17.1. The standard InChI is InChI=1S/C16H19ClN4O.ClH/c1-18-10-15-6-3-7-20(15)16(22)12-9-19-21(11-12)14-5-2-4-13(17)8-14;/h2,4-5,8-9,11,15,18H,3,6-7,10H2,1H3;1H. The zero-order valence-corrected chi connectivity index (χ0v) is 14.5. The molecule has 3 rings (SSSR count). The van der Waals surface area contributed by atoms with Gasteiger partial charge >= 0.3 is 0 Å². The van der Waals surface area contributed by atoms with Gasteiger partial charge in [-0.1, -0.05) is 17.7 Å². The number of carbonyl (C=O) groups excluding carboxylic acids is 1. The molecule has 7 heteroatoms. The largest absolute Gasteiger partial charge is 0.334 e. The Morgan fingerprint density at radius 3 is 3.04 bits per heavy atom. The van der Waals surface area contributed by atoms with Crippen LogP contribution in [-0.2, 0) is 0 Å². The van der Waals surface area contributed by atoms with Crippen LogP contribution < -0.4 is 5.32 Å². The Kier molecular flexibility index (Phi) is 6.04. The number of nitrogens with zero attached hydrogens (tertiary/aromatic N) is 3. The van der Waals surface area contributed by atoms with Crippen LogP contribution in [0.25, 0.3) is 5.69 Å². The highest BCUT2D eigenvalue weighted by molar-refractivity contribution is 6.30. The van der Waals surface area contributed by atoms with Crippen molar-refractivity contribution >= 4 is 29.9 Å². The highest BCUT2D eigenvalue weighted by Crippen LogP contribution is 2.20. The predicted molar refractivity (Wildman–Crippen MR) is 93.8 cm³/mol. The van der Waals surface area contributed by atoms with Crippen LogP contribution in [-0.4, -0.2) is 46.8 Å². The summed E-state index contributed by atoms with van der Waals surface area (Å²) in [7, 11) is 1.91. The van der Waals surface area contributed by atoms with Crippen LogP contribution in [0, 0.1) is 0 Å². The Hall–Kier alpha value is -1.56. The van der Waals surface area contributed by atoms with E-state index in [1.165, 1.54) is 0 Å². The lowest BCUT2D eigenvalue weighted by atomic mass is 10.2. The number of likely N-dealkylation sites (N-methyl/N-ethyl adjacent to an activating group) is 1. The molecular formula is C16H20Cl2N4O. The van der Waals surface area contributed by atoms with Gasteiger partial charge in [-0.25, -0.2) is 4.68 Å². The molecule has 0 radical (unpaired) electrons. The number of carbonyl (C=O) groups is 1.